The van der Waals surface area contributed by atoms with Crippen LogP contribution in [0.25, 0.3) is 10.2 Å². The molecule has 2 aromatic rings. The number of aryl methyl sites for hydroxylation is 1. The molecule has 2 rings (SSSR count). The highest BCUT2D eigenvalue weighted by Gasteiger charge is 2.14. The van der Waals surface area contributed by atoms with E-state index in [1.165, 1.54) is 0 Å². The van der Waals surface area contributed by atoms with Crippen molar-refractivity contribution in [2.75, 3.05) is 0 Å². The summed E-state index contributed by atoms with van der Waals surface area (Å²) in [6, 6.07) is 7.84. The molecule has 0 radical (unpaired) electrons. The first-order valence-electron chi connectivity index (χ1n) is 8.20. The Morgan fingerprint density at radius 3 is 2.56 bits per heavy atom. The van der Waals surface area contributed by atoms with Gasteiger partial charge in [0, 0.05) is 12.5 Å². The Labute approximate surface area is 150 Å². The summed E-state index contributed by atoms with van der Waals surface area (Å²) < 4.78 is 1.16. The number of para-hydroxylation sites is 1. The molecule has 0 saturated heterocycles. The van der Waals surface area contributed by atoms with Gasteiger partial charge in [-0.05, 0) is 45.2 Å². The smallest absolute Gasteiger partial charge is 0.327 e. The predicted molar refractivity (Wildman–Crippen MR) is 96.7 cm³/mol. The number of aromatic nitrogens is 1. The van der Waals surface area contributed by atoms with Gasteiger partial charge in [0.25, 0.3) is 0 Å². The number of amides is 3. The van der Waals surface area contributed by atoms with E-state index in [1.54, 1.807) is 25.2 Å². The van der Waals surface area contributed by atoms with Gasteiger partial charge in [-0.25, -0.2) is 4.98 Å². The highest BCUT2D eigenvalue weighted by Crippen LogP contribution is 2.22. The van der Waals surface area contributed by atoms with Gasteiger partial charge >= 0.3 is 11.8 Å². The Morgan fingerprint density at radius 2 is 1.84 bits per heavy atom. The first-order valence-corrected chi connectivity index (χ1v) is 9.01. The Kier molecular flexibility index (Phi) is 6.88. The SMILES string of the molecule is CC(C)NC(=O)C(=O)NNC(=O)CCCCc1nc2ccccc2s1. The molecule has 0 bridgehead atoms. The van der Waals surface area contributed by atoms with Gasteiger partial charge in [0.05, 0.1) is 15.2 Å². The molecule has 7 nitrogen and oxygen atoms in total. The summed E-state index contributed by atoms with van der Waals surface area (Å²) in [5, 5.41) is 3.50. The maximum absolute atomic E-state index is 11.7. The van der Waals surface area contributed by atoms with Crippen LogP contribution in [0, 0.1) is 0 Å². The molecule has 8 heteroatoms. The second-order valence-electron chi connectivity index (χ2n) is 5.91. The summed E-state index contributed by atoms with van der Waals surface area (Å²) >= 11 is 1.67. The monoisotopic (exact) mass is 362 g/mol. The van der Waals surface area contributed by atoms with Crippen molar-refractivity contribution in [3.63, 3.8) is 0 Å². The van der Waals surface area contributed by atoms with Crippen LogP contribution in [0.15, 0.2) is 24.3 Å². The van der Waals surface area contributed by atoms with Gasteiger partial charge in [0.1, 0.15) is 0 Å². The Hall–Kier alpha value is -2.48. The van der Waals surface area contributed by atoms with Crippen LogP contribution in [0.1, 0.15) is 38.1 Å². The number of hydrogen-bond donors (Lipinski definition) is 3. The average Bonchev–Trinajstić information content (AvgIpc) is 2.98. The molecule has 0 atom stereocenters. The van der Waals surface area contributed by atoms with E-state index >= 15 is 0 Å². The fourth-order valence-electron chi connectivity index (χ4n) is 2.16. The molecule has 134 valence electrons. The van der Waals surface area contributed by atoms with Gasteiger partial charge in [-0.3, -0.25) is 25.2 Å². The fraction of sp³-hybridized carbons (Fsp3) is 0.412. The molecule has 0 fully saturated rings. The van der Waals surface area contributed by atoms with Crippen molar-refractivity contribution in [1.82, 2.24) is 21.2 Å². The molecule has 0 aliphatic carbocycles. The van der Waals surface area contributed by atoms with E-state index in [4.69, 9.17) is 0 Å². The Bertz CT molecular complexity index is 724. The van der Waals surface area contributed by atoms with Crippen LogP contribution in [0.4, 0.5) is 0 Å². The number of nitrogens with zero attached hydrogens (tertiary/aromatic N) is 1. The van der Waals surface area contributed by atoms with E-state index in [0.717, 1.165) is 28.1 Å². The third-order valence-electron chi connectivity index (χ3n) is 3.32. The van der Waals surface area contributed by atoms with Crippen LogP contribution in [0.2, 0.25) is 0 Å². The number of fused-ring (bicyclic) bond motifs is 1. The van der Waals surface area contributed by atoms with Crippen molar-refractivity contribution >= 4 is 39.3 Å². The van der Waals surface area contributed by atoms with Crippen molar-refractivity contribution in [2.24, 2.45) is 0 Å². The quantitative estimate of drug-likeness (QED) is 0.413. The minimum atomic E-state index is -0.878. The molecule has 1 heterocycles. The lowest BCUT2D eigenvalue weighted by Gasteiger charge is -2.09. The van der Waals surface area contributed by atoms with Gasteiger partial charge in [0.2, 0.25) is 5.91 Å². The maximum Gasteiger partial charge on any atom is 0.327 e. The minimum absolute atomic E-state index is 0.142. The number of carbonyl (C=O) groups excluding carboxylic acids is 3. The summed E-state index contributed by atoms with van der Waals surface area (Å²) in [6.07, 6.45) is 2.59. The topological polar surface area (TPSA) is 100 Å². The minimum Gasteiger partial charge on any atom is -0.346 e. The molecular formula is C17H22N4O3S. The van der Waals surface area contributed by atoms with E-state index in [1.807, 2.05) is 24.3 Å². The fourth-order valence-corrected chi connectivity index (χ4v) is 3.17. The molecule has 25 heavy (non-hydrogen) atoms. The number of thiazole rings is 1. The van der Waals surface area contributed by atoms with E-state index in [0.29, 0.717) is 6.42 Å². The first-order chi connectivity index (χ1) is 12.0. The Morgan fingerprint density at radius 1 is 1.08 bits per heavy atom. The zero-order chi connectivity index (χ0) is 18.2. The highest BCUT2D eigenvalue weighted by molar-refractivity contribution is 7.18. The lowest BCUT2D eigenvalue weighted by Crippen LogP contribution is -2.49. The van der Waals surface area contributed by atoms with E-state index in [2.05, 4.69) is 21.2 Å². The number of hydrazine groups is 1. The van der Waals surface area contributed by atoms with Crippen molar-refractivity contribution in [2.45, 2.75) is 45.6 Å². The summed E-state index contributed by atoms with van der Waals surface area (Å²) in [4.78, 5) is 39.0. The van der Waals surface area contributed by atoms with Crippen molar-refractivity contribution in [3.05, 3.63) is 29.3 Å². The van der Waals surface area contributed by atoms with E-state index < -0.39 is 11.8 Å². The molecule has 0 aliphatic heterocycles. The third-order valence-corrected chi connectivity index (χ3v) is 4.42. The van der Waals surface area contributed by atoms with Crippen LogP contribution in [-0.2, 0) is 20.8 Å². The molecular weight excluding hydrogens is 340 g/mol. The summed E-state index contributed by atoms with van der Waals surface area (Å²) in [7, 11) is 0. The van der Waals surface area contributed by atoms with Gasteiger partial charge in [-0.1, -0.05) is 12.1 Å². The van der Waals surface area contributed by atoms with Crippen LogP contribution in [0.5, 0.6) is 0 Å². The van der Waals surface area contributed by atoms with Crippen molar-refractivity contribution < 1.29 is 14.4 Å². The van der Waals surface area contributed by atoms with Crippen LogP contribution in [-0.4, -0.2) is 28.7 Å². The molecule has 1 aromatic carbocycles. The third kappa shape index (κ3) is 6.15. The van der Waals surface area contributed by atoms with Gasteiger partial charge < -0.3 is 5.32 Å². The zero-order valence-corrected chi connectivity index (χ0v) is 15.1. The standard InChI is InChI=1S/C17H22N4O3S/c1-11(2)18-16(23)17(24)21-20-14(22)9-5-6-10-15-19-12-7-3-4-8-13(12)25-15/h3-4,7-8,11H,5-6,9-10H2,1-2H3,(H,18,23)(H,20,22)(H,21,24). The number of carbonyl (C=O) groups is 3. The lowest BCUT2D eigenvalue weighted by molar-refractivity contribution is -0.141. The summed E-state index contributed by atoms with van der Waals surface area (Å²) in [6.45, 7) is 3.49. The van der Waals surface area contributed by atoms with Crippen molar-refractivity contribution in [3.8, 4) is 0 Å². The zero-order valence-electron chi connectivity index (χ0n) is 14.3. The normalized spacial score (nSPS) is 10.7. The number of hydrogen-bond acceptors (Lipinski definition) is 5. The number of benzene rings is 1. The number of nitrogens with one attached hydrogen (secondary N) is 3. The van der Waals surface area contributed by atoms with E-state index in [-0.39, 0.29) is 18.4 Å². The first kappa shape index (κ1) is 18.9. The summed E-state index contributed by atoms with van der Waals surface area (Å²) in [5.74, 6) is -1.97. The number of rotatable bonds is 6. The van der Waals surface area contributed by atoms with Gasteiger partial charge in [-0.2, -0.15) is 0 Å². The average molecular weight is 362 g/mol. The second kappa shape index (κ2) is 9.12. The number of unbranched alkanes of at least 4 members (excludes halogenated alkanes) is 1. The molecule has 3 N–H and O–H groups in total. The summed E-state index contributed by atoms with van der Waals surface area (Å²) in [5.41, 5.74) is 5.35. The molecule has 1 aromatic heterocycles. The second-order valence-corrected chi connectivity index (χ2v) is 7.03. The largest absolute Gasteiger partial charge is 0.346 e. The maximum atomic E-state index is 11.7. The van der Waals surface area contributed by atoms with Crippen LogP contribution < -0.4 is 16.2 Å². The van der Waals surface area contributed by atoms with Crippen molar-refractivity contribution in [1.29, 1.82) is 0 Å². The molecule has 0 spiro atoms. The molecule has 3 amide bonds. The molecule has 0 aliphatic rings. The molecule has 0 saturated carbocycles. The van der Waals surface area contributed by atoms with Crippen LogP contribution >= 0.6 is 11.3 Å². The molecule has 0 unspecified atom stereocenters. The highest BCUT2D eigenvalue weighted by atomic mass is 32.1. The van der Waals surface area contributed by atoms with Gasteiger partial charge in [0.15, 0.2) is 0 Å². The predicted octanol–water partition coefficient (Wildman–Crippen LogP) is 1.68. The van der Waals surface area contributed by atoms with Crippen LogP contribution in [0.3, 0.4) is 0 Å². The van der Waals surface area contributed by atoms with Gasteiger partial charge in [-0.15, -0.1) is 11.3 Å². The lowest BCUT2D eigenvalue weighted by atomic mass is 10.2. The van der Waals surface area contributed by atoms with E-state index in [9.17, 15) is 14.4 Å². The Balaban J connectivity index is 1.63.